The Labute approximate surface area is 192 Å². The van der Waals surface area contributed by atoms with E-state index in [1.807, 2.05) is 0 Å². The van der Waals surface area contributed by atoms with Crippen LogP contribution in [0.2, 0.25) is 10.0 Å². The number of nitrogens with zero attached hydrogens (tertiary/aromatic N) is 1. The molecule has 1 aliphatic rings. The molecule has 0 aromatic heterocycles. The Hall–Kier alpha value is -2.00. The summed E-state index contributed by atoms with van der Waals surface area (Å²) in [5.41, 5.74) is 0. The second-order valence-electron chi connectivity index (χ2n) is 7.17. The summed E-state index contributed by atoms with van der Waals surface area (Å²) in [6.07, 6.45) is 0.231. The number of piperidine rings is 1. The standard InChI is InChI=1S/C21H24Cl2N2O5S/c1-14(30-19-5-3-4-18(22)20(19)23)21(26)24-15-10-12-25(13-11-15)31(27,28)17-8-6-16(29-2)7-9-17/h3-9,14-15H,10-13H2,1-2H3,(H,24,26). The van der Waals surface area contributed by atoms with Gasteiger partial charge in [0.05, 0.1) is 17.0 Å². The Morgan fingerprint density at radius 2 is 1.77 bits per heavy atom. The number of carbonyl (C=O) groups excluding carboxylic acids is 1. The molecule has 0 radical (unpaired) electrons. The van der Waals surface area contributed by atoms with Gasteiger partial charge in [-0.15, -0.1) is 0 Å². The highest BCUT2D eigenvalue weighted by molar-refractivity contribution is 7.89. The van der Waals surface area contributed by atoms with E-state index in [1.165, 1.54) is 23.5 Å². The molecule has 1 N–H and O–H groups in total. The molecule has 0 aliphatic carbocycles. The fourth-order valence-corrected chi connectivity index (χ4v) is 5.08. The average Bonchev–Trinajstić information content (AvgIpc) is 2.77. The average molecular weight is 487 g/mol. The van der Waals surface area contributed by atoms with E-state index >= 15 is 0 Å². The Morgan fingerprint density at radius 3 is 2.39 bits per heavy atom. The maximum atomic E-state index is 12.8. The predicted molar refractivity (Wildman–Crippen MR) is 119 cm³/mol. The molecule has 1 fully saturated rings. The maximum Gasteiger partial charge on any atom is 0.260 e. The summed E-state index contributed by atoms with van der Waals surface area (Å²) in [6, 6.07) is 11.1. The molecule has 1 amide bonds. The summed E-state index contributed by atoms with van der Waals surface area (Å²) in [6.45, 7) is 2.25. The molecule has 10 heteroatoms. The van der Waals surface area contributed by atoms with E-state index in [4.69, 9.17) is 32.7 Å². The van der Waals surface area contributed by atoms with Crippen LogP contribution in [0.25, 0.3) is 0 Å². The van der Waals surface area contributed by atoms with Gasteiger partial charge in [0, 0.05) is 19.1 Å². The zero-order valence-electron chi connectivity index (χ0n) is 17.2. The van der Waals surface area contributed by atoms with Crippen LogP contribution in [0.15, 0.2) is 47.4 Å². The van der Waals surface area contributed by atoms with Crippen molar-refractivity contribution in [3.05, 3.63) is 52.5 Å². The molecule has 1 heterocycles. The number of ether oxygens (including phenoxy) is 2. The number of hydrogen-bond donors (Lipinski definition) is 1. The third-order valence-corrected chi connectivity index (χ3v) is 7.80. The molecule has 0 saturated carbocycles. The minimum atomic E-state index is -3.59. The summed E-state index contributed by atoms with van der Waals surface area (Å²) in [5.74, 6) is 0.625. The fourth-order valence-electron chi connectivity index (χ4n) is 3.27. The van der Waals surface area contributed by atoms with Gasteiger partial charge in [0.15, 0.2) is 6.10 Å². The number of sulfonamides is 1. The summed E-state index contributed by atoms with van der Waals surface area (Å²) in [5, 5.41) is 3.52. The van der Waals surface area contributed by atoms with E-state index in [0.29, 0.717) is 42.5 Å². The summed E-state index contributed by atoms with van der Waals surface area (Å²) in [7, 11) is -2.07. The van der Waals surface area contributed by atoms with Gasteiger partial charge in [-0.05, 0) is 56.2 Å². The molecule has 0 spiro atoms. The lowest BCUT2D eigenvalue weighted by atomic mass is 10.1. The maximum absolute atomic E-state index is 12.8. The molecule has 0 bridgehead atoms. The molecular weight excluding hydrogens is 463 g/mol. The highest BCUT2D eigenvalue weighted by atomic mass is 35.5. The van der Waals surface area contributed by atoms with Gasteiger partial charge in [0.2, 0.25) is 10.0 Å². The lowest BCUT2D eigenvalue weighted by molar-refractivity contribution is -0.128. The number of rotatable bonds is 7. The van der Waals surface area contributed by atoms with Crippen LogP contribution < -0.4 is 14.8 Å². The number of halogens is 2. The molecule has 1 atom stereocenters. The molecule has 1 aliphatic heterocycles. The quantitative estimate of drug-likeness (QED) is 0.644. The van der Waals surface area contributed by atoms with Crippen LogP contribution in [0.3, 0.4) is 0 Å². The van der Waals surface area contributed by atoms with Crippen LogP contribution in [0.5, 0.6) is 11.5 Å². The lowest BCUT2D eigenvalue weighted by Gasteiger charge is -2.32. The minimum absolute atomic E-state index is 0.143. The van der Waals surface area contributed by atoms with Crippen molar-refractivity contribution in [2.24, 2.45) is 0 Å². The van der Waals surface area contributed by atoms with Gasteiger partial charge in [0.1, 0.15) is 16.5 Å². The third kappa shape index (κ3) is 5.63. The van der Waals surface area contributed by atoms with Gasteiger partial charge in [-0.25, -0.2) is 8.42 Å². The van der Waals surface area contributed by atoms with Gasteiger partial charge in [0.25, 0.3) is 5.91 Å². The third-order valence-electron chi connectivity index (χ3n) is 5.09. The van der Waals surface area contributed by atoms with E-state index in [1.54, 1.807) is 37.3 Å². The van der Waals surface area contributed by atoms with Gasteiger partial charge in [-0.2, -0.15) is 4.31 Å². The highest BCUT2D eigenvalue weighted by Gasteiger charge is 2.31. The first kappa shape index (κ1) is 23.7. The van der Waals surface area contributed by atoms with E-state index in [0.717, 1.165) is 0 Å². The summed E-state index contributed by atoms with van der Waals surface area (Å²) >= 11 is 12.1. The molecule has 2 aromatic carbocycles. The van der Waals surface area contributed by atoms with Crippen LogP contribution in [-0.4, -0.2) is 51.0 Å². The van der Waals surface area contributed by atoms with Gasteiger partial charge in [-0.1, -0.05) is 29.3 Å². The normalized spacial score (nSPS) is 16.5. The van der Waals surface area contributed by atoms with Crippen LogP contribution in [0.1, 0.15) is 19.8 Å². The minimum Gasteiger partial charge on any atom is -0.497 e. The fraction of sp³-hybridized carbons (Fsp3) is 0.381. The van der Waals surface area contributed by atoms with Crippen molar-refractivity contribution in [3.63, 3.8) is 0 Å². The molecule has 2 aromatic rings. The van der Waals surface area contributed by atoms with Crippen LogP contribution in [-0.2, 0) is 14.8 Å². The molecule has 1 saturated heterocycles. The molecular formula is C21H24Cl2N2O5S. The van der Waals surface area contributed by atoms with Crippen molar-refractivity contribution in [2.75, 3.05) is 20.2 Å². The topological polar surface area (TPSA) is 84.9 Å². The second kappa shape index (κ2) is 10.1. The first-order valence-corrected chi connectivity index (χ1v) is 12.0. The number of methoxy groups -OCH3 is 1. The highest BCUT2D eigenvalue weighted by Crippen LogP contribution is 2.32. The lowest BCUT2D eigenvalue weighted by Crippen LogP contribution is -2.49. The molecule has 31 heavy (non-hydrogen) atoms. The zero-order valence-corrected chi connectivity index (χ0v) is 19.5. The van der Waals surface area contributed by atoms with E-state index in [-0.39, 0.29) is 21.9 Å². The van der Waals surface area contributed by atoms with E-state index < -0.39 is 16.1 Å². The van der Waals surface area contributed by atoms with Gasteiger partial charge < -0.3 is 14.8 Å². The Bertz CT molecular complexity index is 1020. The smallest absolute Gasteiger partial charge is 0.260 e. The number of benzene rings is 2. The Kier molecular flexibility index (Phi) is 7.69. The summed E-state index contributed by atoms with van der Waals surface area (Å²) in [4.78, 5) is 12.7. The SMILES string of the molecule is COc1ccc(S(=O)(=O)N2CCC(NC(=O)C(C)Oc3cccc(Cl)c3Cl)CC2)cc1. The predicted octanol–water partition coefficient (Wildman–Crippen LogP) is 3.74. The van der Waals surface area contributed by atoms with Crippen molar-refractivity contribution < 1.29 is 22.7 Å². The van der Waals surface area contributed by atoms with Crippen LogP contribution in [0, 0.1) is 0 Å². The first-order chi connectivity index (χ1) is 14.7. The van der Waals surface area contributed by atoms with E-state index in [9.17, 15) is 13.2 Å². The van der Waals surface area contributed by atoms with E-state index in [2.05, 4.69) is 5.32 Å². The summed E-state index contributed by atoms with van der Waals surface area (Å²) < 4.78 is 37.8. The Morgan fingerprint density at radius 1 is 1.13 bits per heavy atom. The zero-order chi connectivity index (χ0) is 22.6. The van der Waals surface area contributed by atoms with Crippen molar-refractivity contribution >= 4 is 39.1 Å². The van der Waals surface area contributed by atoms with Crippen LogP contribution >= 0.6 is 23.2 Å². The van der Waals surface area contributed by atoms with Crippen LogP contribution in [0.4, 0.5) is 0 Å². The van der Waals surface area contributed by atoms with Crippen molar-refractivity contribution in [3.8, 4) is 11.5 Å². The van der Waals surface area contributed by atoms with Crippen molar-refractivity contribution in [1.82, 2.24) is 9.62 Å². The number of hydrogen-bond acceptors (Lipinski definition) is 5. The Balaban J connectivity index is 1.54. The second-order valence-corrected chi connectivity index (χ2v) is 9.90. The van der Waals surface area contributed by atoms with Crippen molar-refractivity contribution in [1.29, 1.82) is 0 Å². The first-order valence-electron chi connectivity index (χ1n) is 9.77. The van der Waals surface area contributed by atoms with Gasteiger partial charge >= 0.3 is 0 Å². The number of amides is 1. The largest absolute Gasteiger partial charge is 0.497 e. The molecule has 7 nitrogen and oxygen atoms in total. The van der Waals surface area contributed by atoms with Gasteiger partial charge in [-0.3, -0.25) is 4.79 Å². The number of carbonyl (C=O) groups is 1. The number of nitrogens with one attached hydrogen (secondary N) is 1. The molecule has 1 unspecified atom stereocenters. The molecule has 3 rings (SSSR count). The molecule has 168 valence electrons. The monoisotopic (exact) mass is 486 g/mol. The van der Waals surface area contributed by atoms with Crippen molar-refractivity contribution in [2.45, 2.75) is 36.8 Å².